The van der Waals surface area contributed by atoms with Gasteiger partial charge in [-0.3, -0.25) is 9.59 Å². The van der Waals surface area contributed by atoms with E-state index in [1.807, 2.05) is 6.92 Å². The Kier molecular flexibility index (Phi) is 3.52. The van der Waals surface area contributed by atoms with Crippen LogP contribution in [0.5, 0.6) is 0 Å². The number of aryl methyl sites for hydroxylation is 1. The number of pyridine rings is 1. The van der Waals surface area contributed by atoms with Gasteiger partial charge in [-0.05, 0) is 26.7 Å². The molecular weight excluding hydrogens is 232 g/mol. The number of hydrogen-bond acceptors (Lipinski definition) is 3. The molecule has 0 radical (unpaired) electrons. The van der Waals surface area contributed by atoms with Gasteiger partial charge >= 0.3 is 0 Å². The van der Waals surface area contributed by atoms with Crippen molar-refractivity contribution in [2.24, 2.45) is 0 Å². The van der Waals surface area contributed by atoms with Crippen LogP contribution < -0.4 is 10.7 Å². The maximum Gasteiger partial charge on any atom is 0.257 e. The van der Waals surface area contributed by atoms with Crippen LogP contribution in [0.2, 0.25) is 0 Å². The summed E-state index contributed by atoms with van der Waals surface area (Å²) in [7, 11) is 0. The molecule has 1 amide bonds. The zero-order valence-electron chi connectivity index (χ0n) is 10.7. The predicted molar refractivity (Wildman–Crippen MR) is 67.7 cm³/mol. The number of nitrogens with one attached hydrogen (secondary N) is 2. The van der Waals surface area contributed by atoms with Crippen LogP contribution in [0, 0.1) is 6.92 Å². The molecule has 1 atom stereocenters. The Labute approximate surface area is 106 Å². The third-order valence-electron chi connectivity index (χ3n) is 3.16. The van der Waals surface area contributed by atoms with Crippen LogP contribution in [0.4, 0.5) is 0 Å². The lowest BCUT2D eigenvalue weighted by Crippen LogP contribution is -2.52. The molecule has 1 aromatic rings. The molecule has 0 aromatic carbocycles. The molecule has 2 rings (SSSR count). The van der Waals surface area contributed by atoms with Crippen molar-refractivity contribution in [1.29, 1.82) is 0 Å². The number of carbonyl (C=O) groups is 1. The molecule has 2 N–H and O–H groups in total. The Hall–Kier alpha value is -1.62. The van der Waals surface area contributed by atoms with Gasteiger partial charge in [-0.2, -0.15) is 0 Å². The summed E-state index contributed by atoms with van der Waals surface area (Å²) in [5.74, 6) is -0.343. The molecule has 0 bridgehead atoms. The summed E-state index contributed by atoms with van der Waals surface area (Å²) in [5.41, 5.74) is 0.243. The Morgan fingerprint density at radius 2 is 2.33 bits per heavy atom. The topological polar surface area (TPSA) is 71.2 Å². The number of amides is 1. The van der Waals surface area contributed by atoms with E-state index in [0.717, 1.165) is 25.1 Å². The van der Waals surface area contributed by atoms with Crippen LogP contribution in [0.15, 0.2) is 17.1 Å². The van der Waals surface area contributed by atoms with Crippen molar-refractivity contribution in [3.05, 3.63) is 33.7 Å². The van der Waals surface area contributed by atoms with E-state index < -0.39 is 0 Å². The highest BCUT2D eigenvalue weighted by Crippen LogP contribution is 2.18. The average molecular weight is 250 g/mol. The molecule has 18 heavy (non-hydrogen) atoms. The maximum atomic E-state index is 12.1. The van der Waals surface area contributed by atoms with E-state index >= 15 is 0 Å². The molecule has 5 heteroatoms. The van der Waals surface area contributed by atoms with Crippen LogP contribution in [-0.4, -0.2) is 29.6 Å². The largest absolute Gasteiger partial charge is 0.379 e. The van der Waals surface area contributed by atoms with Crippen molar-refractivity contribution in [3.63, 3.8) is 0 Å². The number of H-pyrrole nitrogens is 1. The lowest BCUT2D eigenvalue weighted by Gasteiger charge is -2.34. The summed E-state index contributed by atoms with van der Waals surface area (Å²) >= 11 is 0. The van der Waals surface area contributed by atoms with Crippen molar-refractivity contribution in [1.82, 2.24) is 10.3 Å². The Bertz CT molecular complexity index is 501. The summed E-state index contributed by atoms with van der Waals surface area (Å²) < 4.78 is 5.37. The van der Waals surface area contributed by atoms with E-state index in [4.69, 9.17) is 4.74 Å². The van der Waals surface area contributed by atoms with Crippen molar-refractivity contribution in [2.75, 3.05) is 13.2 Å². The smallest absolute Gasteiger partial charge is 0.257 e. The fourth-order valence-electron chi connectivity index (χ4n) is 2.12. The number of carbonyl (C=O) groups excluding carboxylic acids is 1. The summed E-state index contributed by atoms with van der Waals surface area (Å²) in [6.07, 6.45) is 3.24. The predicted octanol–water partition coefficient (Wildman–Crippen LogP) is 0.982. The molecule has 0 saturated carbocycles. The normalized spacial score (nSPS) is 23.7. The van der Waals surface area contributed by atoms with E-state index in [9.17, 15) is 9.59 Å². The van der Waals surface area contributed by atoms with Crippen molar-refractivity contribution in [3.8, 4) is 0 Å². The third-order valence-corrected chi connectivity index (χ3v) is 3.16. The molecule has 5 nitrogen and oxygen atoms in total. The van der Waals surface area contributed by atoms with E-state index in [1.165, 1.54) is 12.3 Å². The van der Waals surface area contributed by atoms with Crippen LogP contribution in [-0.2, 0) is 4.74 Å². The molecule has 0 spiro atoms. The highest BCUT2D eigenvalue weighted by atomic mass is 16.5. The van der Waals surface area contributed by atoms with E-state index in [1.54, 1.807) is 6.92 Å². The second-order valence-electron chi connectivity index (χ2n) is 5.06. The molecule has 1 aliphatic rings. The first-order valence-electron chi connectivity index (χ1n) is 6.10. The maximum absolute atomic E-state index is 12.1. The van der Waals surface area contributed by atoms with E-state index in [0.29, 0.717) is 6.61 Å². The molecule has 1 saturated heterocycles. The van der Waals surface area contributed by atoms with E-state index in [2.05, 4.69) is 10.3 Å². The van der Waals surface area contributed by atoms with Crippen LogP contribution in [0.25, 0.3) is 0 Å². The monoisotopic (exact) mass is 250 g/mol. The second kappa shape index (κ2) is 4.94. The first kappa shape index (κ1) is 12.8. The molecule has 98 valence electrons. The van der Waals surface area contributed by atoms with Gasteiger partial charge in [0, 0.05) is 24.6 Å². The fraction of sp³-hybridized carbons (Fsp3) is 0.538. The van der Waals surface area contributed by atoms with Crippen LogP contribution >= 0.6 is 0 Å². The molecular formula is C13H18N2O3. The number of aromatic amines is 1. The van der Waals surface area contributed by atoms with Gasteiger partial charge < -0.3 is 15.0 Å². The second-order valence-corrected chi connectivity index (χ2v) is 5.06. The SMILES string of the molecule is Cc1cc(=O)c(C(=O)NC2(C)CCCOC2)c[nH]1. The minimum absolute atomic E-state index is 0.146. The first-order chi connectivity index (χ1) is 8.50. The summed E-state index contributed by atoms with van der Waals surface area (Å²) in [4.78, 5) is 26.7. The Morgan fingerprint density at radius 3 is 2.94 bits per heavy atom. The number of rotatable bonds is 2. The third kappa shape index (κ3) is 2.79. The quantitative estimate of drug-likeness (QED) is 0.822. The van der Waals surface area contributed by atoms with Gasteiger partial charge in [0.25, 0.3) is 5.91 Å². The number of ether oxygens (including phenoxy) is 1. The summed E-state index contributed by atoms with van der Waals surface area (Å²) in [6.45, 7) is 4.94. The Morgan fingerprint density at radius 1 is 1.56 bits per heavy atom. The first-order valence-corrected chi connectivity index (χ1v) is 6.10. The molecule has 1 aromatic heterocycles. The Balaban J connectivity index is 2.14. The highest BCUT2D eigenvalue weighted by Gasteiger charge is 2.30. The van der Waals surface area contributed by atoms with Gasteiger partial charge in [-0.15, -0.1) is 0 Å². The molecule has 1 unspecified atom stereocenters. The van der Waals surface area contributed by atoms with Gasteiger partial charge in [-0.1, -0.05) is 0 Å². The average Bonchev–Trinajstić information content (AvgIpc) is 2.28. The fourth-order valence-corrected chi connectivity index (χ4v) is 2.12. The zero-order chi connectivity index (χ0) is 13.2. The van der Waals surface area contributed by atoms with Crippen molar-refractivity contribution in [2.45, 2.75) is 32.2 Å². The molecule has 1 fully saturated rings. The zero-order valence-corrected chi connectivity index (χ0v) is 10.7. The van der Waals surface area contributed by atoms with Gasteiger partial charge in [0.15, 0.2) is 5.43 Å². The van der Waals surface area contributed by atoms with Gasteiger partial charge in [-0.25, -0.2) is 0 Å². The van der Waals surface area contributed by atoms with E-state index in [-0.39, 0.29) is 22.4 Å². The van der Waals surface area contributed by atoms with Gasteiger partial charge in [0.1, 0.15) is 5.56 Å². The molecule has 0 aliphatic carbocycles. The van der Waals surface area contributed by atoms with Crippen LogP contribution in [0.3, 0.4) is 0 Å². The standard InChI is InChI=1S/C13H18N2O3/c1-9-6-11(16)10(7-14-9)12(17)15-13(2)4-3-5-18-8-13/h6-7H,3-5,8H2,1-2H3,(H,14,16)(H,15,17). The lowest BCUT2D eigenvalue weighted by atomic mass is 9.94. The highest BCUT2D eigenvalue weighted by molar-refractivity contribution is 5.94. The van der Waals surface area contributed by atoms with Gasteiger partial charge in [0.05, 0.1) is 12.1 Å². The summed E-state index contributed by atoms with van der Waals surface area (Å²) in [6, 6.07) is 1.43. The van der Waals surface area contributed by atoms with Crippen molar-refractivity contribution >= 4 is 5.91 Å². The molecule has 2 heterocycles. The van der Waals surface area contributed by atoms with Crippen molar-refractivity contribution < 1.29 is 9.53 Å². The van der Waals surface area contributed by atoms with Gasteiger partial charge in [0.2, 0.25) is 0 Å². The summed E-state index contributed by atoms with van der Waals surface area (Å²) in [5, 5.41) is 2.89. The minimum Gasteiger partial charge on any atom is -0.379 e. The van der Waals surface area contributed by atoms with Crippen LogP contribution in [0.1, 0.15) is 35.8 Å². The number of aromatic nitrogens is 1. The number of hydrogen-bond donors (Lipinski definition) is 2. The molecule has 1 aliphatic heterocycles. The lowest BCUT2D eigenvalue weighted by molar-refractivity contribution is 0.0272. The minimum atomic E-state index is -0.382.